The molecule has 0 aliphatic carbocycles. The maximum absolute atomic E-state index is 8.74. The van der Waals surface area contributed by atoms with Gasteiger partial charge in [-0.25, -0.2) is 0 Å². The molecule has 6 aliphatic heterocycles. The van der Waals surface area contributed by atoms with E-state index >= 15 is 0 Å². The van der Waals surface area contributed by atoms with Crippen LogP contribution in [0.4, 0.5) is 0 Å². The number of hydrogen-bond donors (Lipinski definition) is 0. The average Bonchev–Trinajstić information content (AvgIpc) is 0.700. The van der Waals surface area contributed by atoms with Gasteiger partial charge in [0.2, 0.25) is 0 Å². The first-order valence-electron chi connectivity index (χ1n) is 30.8. The van der Waals surface area contributed by atoms with Crippen LogP contribution in [0, 0.1) is 0 Å². The molecule has 460 valence electrons. The first kappa shape index (κ1) is 62.1. The molecule has 14 nitrogen and oxygen atoms in total. The van der Waals surface area contributed by atoms with Crippen molar-refractivity contribution in [2.45, 2.75) is 24.4 Å². The molecular formula is C68H64Ge2O14Si8. The summed E-state index contributed by atoms with van der Waals surface area (Å²) in [6, 6.07) is 98.6. The summed E-state index contributed by atoms with van der Waals surface area (Å²) < 4.78 is 121. The van der Waals surface area contributed by atoms with Gasteiger partial charge in [0.25, 0.3) is 0 Å². The Bertz CT molecular complexity index is 3710. The SMILES string of the molecule is C[CH2][Ge]1(/[CH]=C\c2ccccc2)[O][Si]2(c3ccccc3)O[Si]3(c4ccccc4)O[Si]4(c5ccccc5)O[Si](c5ccccc5)(O[Si]5(c6ccccc6)O[Si](c6ccccc6)(O2)O[Si](c2ccccc2)(O3)[O][Ge](/[CH]=C/c2ccccc2)([CH2]C)[O][Si](c2ccccc2)(O4)O5)[O]1. The van der Waals surface area contributed by atoms with Crippen LogP contribution >= 0.6 is 0 Å². The molecule has 0 aromatic heterocycles. The fourth-order valence-corrected chi connectivity index (χ4v) is 84.4. The molecule has 4 unspecified atom stereocenters. The quantitative estimate of drug-likeness (QED) is 0.0966. The Hall–Kier alpha value is -6.06. The molecule has 6 aliphatic rings. The van der Waals surface area contributed by atoms with Gasteiger partial charge in [-0.2, -0.15) is 0 Å². The fraction of sp³-hybridized carbons (Fsp3) is 0.0588. The third-order valence-corrected chi connectivity index (χ3v) is 71.3. The molecule has 0 amide bonds. The molecule has 0 spiro atoms. The van der Waals surface area contributed by atoms with Crippen molar-refractivity contribution in [3.05, 3.63) is 324 Å². The van der Waals surface area contributed by atoms with E-state index in [-0.39, 0.29) is 0 Å². The molecule has 6 fully saturated rings. The summed E-state index contributed by atoms with van der Waals surface area (Å²) in [5.74, 6) is 0. The first-order chi connectivity index (χ1) is 45.0. The van der Waals surface area contributed by atoms with E-state index in [0.717, 1.165) is 11.1 Å². The summed E-state index contributed by atoms with van der Waals surface area (Å²) >= 11 is -10.5. The summed E-state index contributed by atoms with van der Waals surface area (Å²) in [5.41, 5.74) is 1.80. The van der Waals surface area contributed by atoms with Gasteiger partial charge < -0.3 is 0 Å². The van der Waals surface area contributed by atoms with Crippen LogP contribution in [-0.2, 0) is 55.0 Å². The molecule has 6 saturated heterocycles. The van der Waals surface area contributed by atoms with Crippen molar-refractivity contribution in [3.63, 3.8) is 0 Å². The summed E-state index contributed by atoms with van der Waals surface area (Å²) in [6.45, 7) is 4.17. The van der Waals surface area contributed by atoms with E-state index in [1.165, 1.54) is 0 Å². The van der Waals surface area contributed by atoms with Gasteiger partial charge >= 0.3 is 556 Å². The molecule has 16 rings (SSSR count). The van der Waals surface area contributed by atoms with Crippen molar-refractivity contribution in [1.29, 1.82) is 0 Å². The van der Waals surface area contributed by atoms with Crippen LogP contribution in [-0.4, -0.2) is 98.3 Å². The molecule has 8 bridgehead atoms. The standard InChI is InChI=1S/C68H64Ge2O14Si8/c1-3-69(57-55-59-35-15-5-16-36-59)71-85(61-39-19-7-20-40-61)75-89(65-47-27-11-28-48-65)79-87(63-43-23-9-24-44-63)73-70(4-2,58-56-60-37-17-6-18-38-60)74-88(64-45-25-10-26-46-64)81-91(83-89,67-51-31-13-32-52-67)77-86(72-69,62-41-21-8-22-42-62)78-92(82-88,68-53-33-14-34-54-68)84-90(76-85,80-87)66-49-29-12-30-50-66/h5-58H,3-4H2,1-2H3/b57-55-,58-56+. The van der Waals surface area contributed by atoms with Crippen LogP contribution in [0.25, 0.3) is 12.2 Å². The van der Waals surface area contributed by atoms with E-state index in [9.17, 15) is 0 Å². The van der Waals surface area contributed by atoms with Crippen molar-refractivity contribution in [3.8, 4) is 0 Å². The van der Waals surface area contributed by atoms with Gasteiger partial charge in [0.1, 0.15) is 0 Å². The Labute approximate surface area is 551 Å². The van der Waals surface area contributed by atoms with Crippen molar-refractivity contribution in [2.75, 3.05) is 0 Å². The molecule has 0 saturated carbocycles. The predicted octanol–water partition coefficient (Wildman–Crippen LogP) is 8.49. The molecular weight excluding hydrogens is 1410 g/mol. The first-order valence-corrected chi connectivity index (χ1v) is 53.4. The van der Waals surface area contributed by atoms with Gasteiger partial charge in [-0.05, 0) is 0 Å². The number of fused-ring (bicyclic) bond motifs is 4. The van der Waals surface area contributed by atoms with E-state index in [2.05, 4.69) is 35.8 Å². The zero-order chi connectivity index (χ0) is 62.3. The third-order valence-electron chi connectivity index (χ3n) is 16.6. The van der Waals surface area contributed by atoms with Crippen LogP contribution in [0.2, 0.25) is 10.5 Å². The molecule has 24 heteroatoms. The summed E-state index contributed by atoms with van der Waals surface area (Å²) in [5, 5.41) is 4.83. The second kappa shape index (κ2) is 25.3. The van der Waals surface area contributed by atoms with Crippen LogP contribution in [0.15, 0.2) is 313 Å². The Balaban J connectivity index is 1.22. The zero-order valence-electron chi connectivity index (χ0n) is 50.3. The van der Waals surface area contributed by atoms with Crippen molar-refractivity contribution >= 4 is 152 Å². The molecule has 4 atom stereocenters. The minimum atomic E-state index is -5.27. The summed E-state index contributed by atoms with van der Waals surface area (Å²) in [4.78, 5) is 4.21. The van der Waals surface area contributed by atoms with E-state index in [0.29, 0.717) is 52.0 Å². The third kappa shape index (κ3) is 11.5. The molecule has 0 N–H and O–H groups in total. The van der Waals surface area contributed by atoms with Crippen LogP contribution in [0.1, 0.15) is 25.0 Å². The van der Waals surface area contributed by atoms with Crippen molar-refractivity contribution in [1.82, 2.24) is 0 Å². The Morgan fingerprint density at radius 2 is 0.370 bits per heavy atom. The van der Waals surface area contributed by atoms with Gasteiger partial charge in [-0.3, -0.25) is 0 Å². The topological polar surface area (TPSA) is 129 Å². The van der Waals surface area contributed by atoms with Crippen LogP contribution in [0.3, 0.4) is 0 Å². The Morgan fingerprint density at radius 1 is 0.217 bits per heavy atom. The van der Waals surface area contributed by atoms with Gasteiger partial charge in [-0.1, -0.05) is 0 Å². The van der Waals surface area contributed by atoms with Crippen molar-refractivity contribution < 1.29 is 55.0 Å². The molecule has 10 aromatic rings. The summed E-state index contributed by atoms with van der Waals surface area (Å²) in [7, 11) is -41.5. The van der Waals surface area contributed by atoms with Crippen molar-refractivity contribution in [2.24, 2.45) is 0 Å². The van der Waals surface area contributed by atoms with Gasteiger partial charge in [0.05, 0.1) is 0 Å². The number of rotatable bonds is 14. The second-order valence-electron chi connectivity index (χ2n) is 22.6. The van der Waals surface area contributed by atoms with Gasteiger partial charge in [-0.15, -0.1) is 0 Å². The molecule has 10 aromatic carbocycles. The normalized spacial score (nSPS) is 31.8. The Kier molecular flexibility index (Phi) is 17.0. The Morgan fingerprint density at radius 3 is 0.543 bits per heavy atom. The fourth-order valence-electron chi connectivity index (χ4n) is 12.0. The molecule has 6 heterocycles. The maximum atomic E-state index is 8.74. The van der Waals surface area contributed by atoms with Gasteiger partial charge in [0, 0.05) is 0 Å². The minimum absolute atomic E-state index is 0.300. The van der Waals surface area contributed by atoms with E-state index < -0.39 is 98.3 Å². The van der Waals surface area contributed by atoms with Crippen LogP contribution in [0.5, 0.6) is 0 Å². The van der Waals surface area contributed by atoms with Gasteiger partial charge in [0.15, 0.2) is 0 Å². The van der Waals surface area contributed by atoms with E-state index in [4.69, 9.17) is 55.0 Å². The summed E-state index contributed by atoms with van der Waals surface area (Å²) in [6.07, 6.45) is 4.13. The number of benzene rings is 10. The monoisotopic (exact) mass is 1480 g/mol. The molecule has 92 heavy (non-hydrogen) atoms. The predicted molar refractivity (Wildman–Crippen MR) is 373 cm³/mol. The average molecular weight is 1480 g/mol. The van der Waals surface area contributed by atoms with E-state index in [1.54, 1.807) is 0 Å². The zero-order valence-corrected chi connectivity index (χ0v) is 62.5. The van der Waals surface area contributed by atoms with E-state index in [1.807, 2.05) is 303 Å². The number of hydrogen-bond acceptors (Lipinski definition) is 14. The molecule has 0 radical (unpaired) electrons. The van der Waals surface area contributed by atoms with Crippen LogP contribution < -0.4 is 41.5 Å². The second-order valence-corrected chi connectivity index (χ2v) is 61.4.